The zero-order chi connectivity index (χ0) is 30.5. The lowest BCUT2D eigenvalue weighted by molar-refractivity contribution is -0.867. The van der Waals surface area contributed by atoms with Gasteiger partial charge in [-0.15, -0.1) is 0 Å². The summed E-state index contributed by atoms with van der Waals surface area (Å²) in [6, 6.07) is -2.62. The number of hydrogen-bond acceptors (Lipinski definition) is 6. The maximum atomic E-state index is 14.1. The number of hydrogen-bond donors (Lipinski definition) is 3. The number of fused-ring (bicyclic) bond motifs is 1. The number of likely N-dealkylation sites (tertiary alicyclic amines) is 1. The first-order valence-electron chi connectivity index (χ1n) is 14.9. The normalized spacial score (nSPS) is 29.2. The lowest BCUT2D eigenvalue weighted by Crippen LogP contribution is -3.14. The van der Waals surface area contributed by atoms with E-state index in [1.165, 1.54) is 0 Å². The zero-order valence-electron chi connectivity index (χ0n) is 24.8. The number of ether oxygens (including phenoxy) is 1. The van der Waals surface area contributed by atoms with Crippen LogP contribution in [0.2, 0.25) is 0 Å². The van der Waals surface area contributed by atoms with Crippen LogP contribution in [0, 0.1) is 34.3 Å². The number of primary amides is 1. The molecule has 1 aliphatic heterocycles. The molecular formula is C29H46F2N4O6. The van der Waals surface area contributed by atoms with Crippen LogP contribution in [0.5, 0.6) is 0 Å². The van der Waals surface area contributed by atoms with Gasteiger partial charge in [-0.25, -0.2) is 13.6 Å². The smallest absolute Gasteiger partial charge is 0.408 e. The number of nitrogens with one attached hydrogen (secondary N) is 2. The number of amides is 3. The lowest BCUT2D eigenvalue weighted by Gasteiger charge is -2.39. The van der Waals surface area contributed by atoms with Crippen molar-refractivity contribution in [1.29, 1.82) is 0 Å². The summed E-state index contributed by atoms with van der Waals surface area (Å²) in [6.07, 6.45) is 1.45. The molecule has 4 rings (SSSR count). The largest absolute Gasteiger partial charge is 0.634 e. The number of carbonyl (C=O) groups excluding carboxylic acids is 4. The van der Waals surface area contributed by atoms with E-state index in [2.05, 4.69) is 19.2 Å². The van der Waals surface area contributed by atoms with Gasteiger partial charge < -0.3 is 31.0 Å². The maximum Gasteiger partial charge on any atom is 0.408 e. The van der Waals surface area contributed by atoms with Crippen LogP contribution in [0.4, 0.5) is 13.6 Å². The third-order valence-corrected chi connectivity index (χ3v) is 9.65. The first-order chi connectivity index (χ1) is 18.9. The second-order valence-corrected chi connectivity index (χ2v) is 14.4. The summed E-state index contributed by atoms with van der Waals surface area (Å²) >= 11 is 0. The number of alkyl carbamates (subject to hydrolysis) is 1. The van der Waals surface area contributed by atoms with Crippen LogP contribution in [0.25, 0.3) is 0 Å². The molecule has 3 amide bonds. The summed E-state index contributed by atoms with van der Waals surface area (Å²) in [7, 11) is 0. The van der Waals surface area contributed by atoms with E-state index >= 15 is 0 Å². The molecule has 3 saturated carbocycles. The van der Waals surface area contributed by atoms with Gasteiger partial charge in [0.2, 0.25) is 11.8 Å². The molecule has 3 unspecified atom stereocenters. The van der Waals surface area contributed by atoms with Gasteiger partial charge in [0.1, 0.15) is 11.6 Å². The highest BCUT2D eigenvalue weighted by Gasteiger charge is 2.68. The van der Waals surface area contributed by atoms with E-state index in [4.69, 9.17) is 10.5 Å². The van der Waals surface area contributed by atoms with Gasteiger partial charge in [-0.2, -0.15) is 0 Å². The van der Waals surface area contributed by atoms with Gasteiger partial charge in [-0.3, -0.25) is 14.4 Å². The summed E-state index contributed by atoms with van der Waals surface area (Å²) in [5.41, 5.74) is 4.35. The highest BCUT2D eigenvalue weighted by Crippen LogP contribution is 2.64. The molecule has 1 saturated heterocycles. The molecule has 4 aliphatic rings. The van der Waals surface area contributed by atoms with Crippen molar-refractivity contribution in [2.24, 2.45) is 34.8 Å². The number of hydroxylamine groups is 2. The molecule has 232 valence electrons. The van der Waals surface area contributed by atoms with Gasteiger partial charge in [0.25, 0.3) is 11.7 Å². The number of carbonyl (C=O) groups is 4. The number of alkyl halides is 2. The van der Waals surface area contributed by atoms with Crippen LogP contribution in [-0.2, 0) is 19.1 Å². The van der Waals surface area contributed by atoms with Crippen molar-refractivity contribution in [3.63, 3.8) is 0 Å². The molecule has 41 heavy (non-hydrogen) atoms. The minimum absolute atomic E-state index is 0.0243. The fraction of sp³-hybridized carbons (Fsp3) is 0.862. The van der Waals surface area contributed by atoms with E-state index < -0.39 is 52.5 Å². The number of quaternary nitrogens is 1. The van der Waals surface area contributed by atoms with E-state index in [9.17, 15) is 33.2 Å². The van der Waals surface area contributed by atoms with Crippen molar-refractivity contribution in [3.05, 3.63) is 5.21 Å². The maximum absolute atomic E-state index is 14.1. The van der Waals surface area contributed by atoms with E-state index in [1.54, 1.807) is 25.7 Å². The number of nitrogens with two attached hydrogens (primary N) is 1. The van der Waals surface area contributed by atoms with E-state index in [0.29, 0.717) is 6.54 Å². The van der Waals surface area contributed by atoms with Crippen molar-refractivity contribution in [2.75, 3.05) is 13.1 Å². The second-order valence-electron chi connectivity index (χ2n) is 14.4. The molecule has 0 spiro atoms. The summed E-state index contributed by atoms with van der Waals surface area (Å²) in [5, 5.41) is 15.8. The quantitative estimate of drug-likeness (QED) is 0.251. The molecule has 10 nitrogen and oxygen atoms in total. The van der Waals surface area contributed by atoms with Crippen LogP contribution in [0.3, 0.4) is 0 Å². The average Bonchev–Trinajstić information content (AvgIpc) is 3.71. The number of ketones is 1. The first-order valence-corrected chi connectivity index (χ1v) is 14.9. The third kappa shape index (κ3) is 7.55. The predicted molar refractivity (Wildman–Crippen MR) is 145 cm³/mol. The second kappa shape index (κ2) is 11.4. The molecular weight excluding hydrogens is 538 g/mol. The Bertz CT molecular complexity index is 1030. The van der Waals surface area contributed by atoms with Crippen molar-refractivity contribution in [2.45, 2.75) is 116 Å². The van der Waals surface area contributed by atoms with Gasteiger partial charge in [0.15, 0.2) is 6.04 Å². The Morgan fingerprint density at radius 3 is 2.20 bits per heavy atom. The molecule has 0 aromatic heterocycles. The Balaban J connectivity index is 1.53. The Hall–Kier alpha value is -2.34. The van der Waals surface area contributed by atoms with Crippen molar-refractivity contribution >= 4 is 23.7 Å². The minimum Gasteiger partial charge on any atom is -0.634 e. The van der Waals surface area contributed by atoms with Gasteiger partial charge in [-0.1, -0.05) is 13.8 Å². The van der Waals surface area contributed by atoms with Gasteiger partial charge in [0, 0.05) is 25.8 Å². The Morgan fingerprint density at radius 2 is 1.66 bits per heavy atom. The number of halogens is 2. The van der Waals surface area contributed by atoms with Crippen LogP contribution in [-0.4, -0.2) is 71.3 Å². The highest BCUT2D eigenvalue weighted by molar-refractivity contribution is 6.37. The summed E-state index contributed by atoms with van der Waals surface area (Å²) in [6.45, 7) is 9.58. The number of nitrogens with zero attached hydrogens (tertiary/aromatic N) is 1. The third-order valence-electron chi connectivity index (χ3n) is 9.65. The molecule has 6 atom stereocenters. The molecule has 12 heteroatoms. The Morgan fingerprint density at radius 1 is 1.07 bits per heavy atom. The molecule has 3 aliphatic carbocycles. The fourth-order valence-corrected chi connectivity index (χ4v) is 7.06. The average molecular weight is 585 g/mol. The van der Waals surface area contributed by atoms with E-state index in [-0.39, 0.29) is 80.1 Å². The van der Waals surface area contributed by atoms with Crippen molar-refractivity contribution < 1.29 is 37.8 Å². The molecule has 4 fully saturated rings. The highest BCUT2D eigenvalue weighted by atomic mass is 19.3. The standard InChI is InChI=1S/C29H46F2N4O6/c1-27(2,3)41-26(39)33-19(12-17-8-10-29(30,31)11-9-17)25(38)34-14-18-22(28(18,4)5)21(34)15-35(40)20(13-16-6-7-16)23(36)24(32)37/h16-22,35H,6-15H2,1-5H3,(H2,32,37)(H,33,39)/t18-,19?,20?,21+,22-/m0/s1. The van der Waals surface area contributed by atoms with E-state index in [1.807, 2.05) is 0 Å². The van der Waals surface area contributed by atoms with Crippen molar-refractivity contribution in [3.8, 4) is 0 Å². The van der Waals surface area contributed by atoms with Crippen LogP contribution >= 0.6 is 0 Å². The molecule has 0 bridgehead atoms. The van der Waals surface area contributed by atoms with Crippen molar-refractivity contribution in [1.82, 2.24) is 10.2 Å². The number of piperidine rings is 1. The van der Waals surface area contributed by atoms with Gasteiger partial charge >= 0.3 is 6.09 Å². The summed E-state index contributed by atoms with van der Waals surface area (Å²) in [4.78, 5) is 52.7. The van der Waals surface area contributed by atoms with Crippen LogP contribution in [0.15, 0.2) is 0 Å². The SMILES string of the molecule is CC(C)(C)OC(=O)NC(CC1CCC(F)(F)CC1)C(=O)N1C[C@H]2[C@@H]([C@H]1C[NH+]([O-])C(CC1CC1)C(=O)C(N)=O)C2(C)C. The molecule has 4 N–H and O–H groups in total. The van der Waals surface area contributed by atoms with Gasteiger partial charge in [-0.05, 0) is 82.0 Å². The monoisotopic (exact) mass is 584 g/mol. The topological polar surface area (TPSA) is 146 Å². The van der Waals surface area contributed by atoms with E-state index in [0.717, 1.165) is 12.8 Å². The fourth-order valence-electron chi connectivity index (χ4n) is 7.06. The molecule has 1 heterocycles. The first kappa shape index (κ1) is 31.6. The molecule has 0 radical (unpaired) electrons. The van der Waals surface area contributed by atoms with Crippen LogP contribution in [0.1, 0.15) is 86.0 Å². The summed E-state index contributed by atoms with van der Waals surface area (Å²) < 4.78 is 33.0. The minimum atomic E-state index is -2.72. The number of Topliss-reactive ketones (excluding diaryl/α,β-unsaturated/α-hetero) is 1. The lowest BCUT2D eigenvalue weighted by atomic mass is 9.82. The Kier molecular flexibility index (Phi) is 8.78. The zero-order valence-corrected chi connectivity index (χ0v) is 24.8. The predicted octanol–water partition coefficient (Wildman–Crippen LogP) is 2.18. The molecule has 0 aromatic carbocycles. The summed E-state index contributed by atoms with van der Waals surface area (Å²) in [5.74, 6) is -4.91. The molecule has 0 aromatic rings. The van der Waals surface area contributed by atoms with Crippen LogP contribution < -0.4 is 16.1 Å². The van der Waals surface area contributed by atoms with Gasteiger partial charge in [0.05, 0.1) is 12.6 Å². The number of rotatable bonds is 11. The Labute approximate surface area is 240 Å².